The van der Waals surface area contributed by atoms with Gasteiger partial charge < -0.3 is 20.4 Å². The number of amides is 2. The Morgan fingerprint density at radius 1 is 1.00 bits per heavy atom. The standard InChI is InChI=1S/C19H23FN4O/c1-14-13-17(24-11-9-23(2)10-12-24)7-8-18(14)22-19(25)21-16-5-3-15(20)4-6-16/h3-8,13H,9-12H2,1-2H3,(H2,21,22,25). The van der Waals surface area contributed by atoms with Crippen LogP contribution < -0.4 is 15.5 Å². The molecule has 1 fully saturated rings. The lowest BCUT2D eigenvalue weighted by atomic mass is 10.1. The molecule has 0 saturated carbocycles. The van der Waals surface area contributed by atoms with E-state index in [-0.39, 0.29) is 11.8 Å². The Balaban J connectivity index is 1.62. The molecule has 1 aliphatic rings. The Labute approximate surface area is 147 Å². The van der Waals surface area contributed by atoms with Gasteiger partial charge in [0.1, 0.15) is 5.82 Å². The third-order valence-corrected chi connectivity index (χ3v) is 4.43. The number of rotatable bonds is 3. The first-order chi connectivity index (χ1) is 12.0. The van der Waals surface area contributed by atoms with E-state index in [0.717, 1.165) is 37.4 Å². The number of likely N-dealkylation sites (N-methyl/N-ethyl adjacent to an activating group) is 1. The number of hydrogen-bond acceptors (Lipinski definition) is 3. The third-order valence-electron chi connectivity index (χ3n) is 4.43. The maximum absolute atomic E-state index is 12.9. The fourth-order valence-electron chi connectivity index (χ4n) is 2.87. The van der Waals surface area contributed by atoms with Gasteiger partial charge in [0.2, 0.25) is 0 Å². The van der Waals surface area contributed by atoms with E-state index in [1.165, 1.54) is 30.0 Å². The Morgan fingerprint density at radius 3 is 2.32 bits per heavy atom. The predicted molar refractivity (Wildman–Crippen MR) is 99.9 cm³/mol. The molecule has 0 aromatic heterocycles. The van der Waals surface area contributed by atoms with Gasteiger partial charge in [-0.2, -0.15) is 0 Å². The zero-order chi connectivity index (χ0) is 17.8. The van der Waals surface area contributed by atoms with Gasteiger partial charge >= 0.3 is 6.03 Å². The largest absolute Gasteiger partial charge is 0.369 e. The second-order valence-electron chi connectivity index (χ2n) is 6.38. The van der Waals surface area contributed by atoms with Crippen LogP contribution in [0, 0.1) is 12.7 Å². The van der Waals surface area contributed by atoms with Crippen molar-refractivity contribution in [2.24, 2.45) is 0 Å². The average molecular weight is 342 g/mol. The summed E-state index contributed by atoms with van der Waals surface area (Å²) in [4.78, 5) is 16.8. The first-order valence-corrected chi connectivity index (χ1v) is 8.39. The molecule has 132 valence electrons. The minimum Gasteiger partial charge on any atom is -0.369 e. The number of benzene rings is 2. The van der Waals surface area contributed by atoms with E-state index in [1.54, 1.807) is 0 Å². The number of carbonyl (C=O) groups is 1. The molecule has 2 aromatic rings. The summed E-state index contributed by atoms with van der Waals surface area (Å²) in [7, 11) is 2.13. The molecule has 2 amide bonds. The summed E-state index contributed by atoms with van der Waals surface area (Å²) in [6.45, 7) is 6.10. The minimum atomic E-state index is -0.345. The molecule has 0 atom stereocenters. The van der Waals surface area contributed by atoms with Crippen LogP contribution in [0.15, 0.2) is 42.5 Å². The van der Waals surface area contributed by atoms with Crippen LogP contribution in [0.1, 0.15) is 5.56 Å². The molecule has 0 unspecified atom stereocenters. The Hall–Kier alpha value is -2.60. The molecule has 3 rings (SSSR count). The van der Waals surface area contributed by atoms with Crippen molar-refractivity contribution in [1.82, 2.24) is 4.90 Å². The lowest BCUT2D eigenvalue weighted by molar-refractivity contribution is 0.262. The van der Waals surface area contributed by atoms with Crippen LogP contribution in [0.25, 0.3) is 0 Å². The molecule has 6 heteroatoms. The van der Waals surface area contributed by atoms with E-state index >= 15 is 0 Å². The van der Waals surface area contributed by atoms with E-state index in [0.29, 0.717) is 5.69 Å². The quantitative estimate of drug-likeness (QED) is 0.897. The SMILES string of the molecule is Cc1cc(N2CCN(C)CC2)ccc1NC(=O)Nc1ccc(F)cc1. The molecule has 1 heterocycles. The molecule has 0 radical (unpaired) electrons. The summed E-state index contributed by atoms with van der Waals surface area (Å²) in [5, 5.41) is 5.53. The van der Waals surface area contributed by atoms with Gasteiger partial charge in [-0.15, -0.1) is 0 Å². The van der Waals surface area contributed by atoms with Gasteiger partial charge in [0.15, 0.2) is 0 Å². The topological polar surface area (TPSA) is 47.6 Å². The lowest BCUT2D eigenvalue weighted by Crippen LogP contribution is -2.44. The Bertz CT molecular complexity index is 740. The monoisotopic (exact) mass is 342 g/mol. The van der Waals surface area contributed by atoms with Gasteiger partial charge in [0.05, 0.1) is 0 Å². The fraction of sp³-hybridized carbons (Fsp3) is 0.316. The fourth-order valence-corrected chi connectivity index (χ4v) is 2.87. The normalized spacial score (nSPS) is 15.1. The minimum absolute atomic E-state index is 0.332. The van der Waals surface area contributed by atoms with Gasteiger partial charge in [-0.3, -0.25) is 0 Å². The summed E-state index contributed by atoms with van der Waals surface area (Å²) in [5.74, 6) is -0.332. The van der Waals surface area contributed by atoms with E-state index in [2.05, 4.69) is 33.5 Å². The molecule has 0 aliphatic carbocycles. The third kappa shape index (κ3) is 4.48. The summed E-state index contributed by atoms with van der Waals surface area (Å²) in [5.41, 5.74) is 3.49. The molecule has 0 bridgehead atoms. The number of carbonyl (C=O) groups excluding carboxylic acids is 1. The van der Waals surface area contributed by atoms with Crippen LogP contribution in [0.4, 0.5) is 26.2 Å². The smallest absolute Gasteiger partial charge is 0.323 e. The second-order valence-corrected chi connectivity index (χ2v) is 6.38. The molecule has 2 aromatic carbocycles. The summed E-state index contributed by atoms with van der Waals surface area (Å²) < 4.78 is 12.9. The maximum Gasteiger partial charge on any atom is 0.323 e. The molecular formula is C19H23FN4O. The zero-order valence-corrected chi connectivity index (χ0v) is 14.6. The number of nitrogens with one attached hydrogen (secondary N) is 2. The number of nitrogens with zero attached hydrogens (tertiary/aromatic N) is 2. The summed E-state index contributed by atoms with van der Waals surface area (Å²) in [6, 6.07) is 11.4. The maximum atomic E-state index is 12.9. The van der Waals surface area contributed by atoms with Crippen LogP contribution in [-0.4, -0.2) is 44.2 Å². The highest BCUT2D eigenvalue weighted by atomic mass is 19.1. The first kappa shape index (κ1) is 17.2. The van der Waals surface area contributed by atoms with Gasteiger partial charge in [0, 0.05) is 43.2 Å². The van der Waals surface area contributed by atoms with Crippen molar-refractivity contribution in [3.05, 3.63) is 53.8 Å². The van der Waals surface area contributed by atoms with Crippen LogP contribution in [-0.2, 0) is 0 Å². The van der Waals surface area contributed by atoms with Crippen LogP contribution in [0.3, 0.4) is 0 Å². The van der Waals surface area contributed by atoms with E-state index in [4.69, 9.17) is 0 Å². The van der Waals surface area contributed by atoms with Crippen molar-refractivity contribution in [2.45, 2.75) is 6.92 Å². The number of piperazine rings is 1. The van der Waals surface area contributed by atoms with Gasteiger partial charge in [-0.25, -0.2) is 9.18 Å². The van der Waals surface area contributed by atoms with Crippen molar-refractivity contribution < 1.29 is 9.18 Å². The first-order valence-electron chi connectivity index (χ1n) is 8.39. The van der Waals surface area contributed by atoms with Crippen molar-refractivity contribution in [1.29, 1.82) is 0 Å². The van der Waals surface area contributed by atoms with E-state index in [9.17, 15) is 9.18 Å². The van der Waals surface area contributed by atoms with E-state index in [1.807, 2.05) is 19.1 Å². The summed E-state index contributed by atoms with van der Waals surface area (Å²) >= 11 is 0. The lowest BCUT2D eigenvalue weighted by Gasteiger charge is -2.34. The van der Waals surface area contributed by atoms with Gasteiger partial charge in [0.25, 0.3) is 0 Å². The van der Waals surface area contributed by atoms with Crippen molar-refractivity contribution in [3.63, 3.8) is 0 Å². The summed E-state index contributed by atoms with van der Waals surface area (Å²) in [6.07, 6.45) is 0. The number of hydrogen-bond donors (Lipinski definition) is 2. The number of anilines is 3. The average Bonchev–Trinajstić information content (AvgIpc) is 2.59. The Kier molecular flexibility index (Phi) is 5.19. The molecule has 25 heavy (non-hydrogen) atoms. The molecule has 1 aliphatic heterocycles. The van der Waals surface area contributed by atoms with Crippen molar-refractivity contribution in [3.8, 4) is 0 Å². The highest BCUT2D eigenvalue weighted by Gasteiger charge is 2.15. The van der Waals surface area contributed by atoms with Crippen molar-refractivity contribution >= 4 is 23.1 Å². The number of aryl methyl sites for hydroxylation is 1. The number of halogens is 1. The van der Waals surface area contributed by atoms with Crippen molar-refractivity contribution in [2.75, 3.05) is 48.8 Å². The highest BCUT2D eigenvalue weighted by Crippen LogP contribution is 2.24. The van der Waals surface area contributed by atoms with Crippen LogP contribution in [0.5, 0.6) is 0 Å². The highest BCUT2D eigenvalue weighted by molar-refractivity contribution is 6.00. The molecule has 2 N–H and O–H groups in total. The van der Waals surface area contributed by atoms with Gasteiger partial charge in [-0.05, 0) is 62.0 Å². The van der Waals surface area contributed by atoms with E-state index < -0.39 is 0 Å². The van der Waals surface area contributed by atoms with Crippen LogP contribution >= 0.6 is 0 Å². The molecule has 5 nitrogen and oxygen atoms in total. The van der Waals surface area contributed by atoms with Gasteiger partial charge in [-0.1, -0.05) is 0 Å². The molecule has 0 spiro atoms. The Morgan fingerprint density at radius 2 is 1.68 bits per heavy atom. The zero-order valence-electron chi connectivity index (χ0n) is 14.6. The van der Waals surface area contributed by atoms with Crippen LogP contribution in [0.2, 0.25) is 0 Å². The number of urea groups is 1. The molecule has 1 saturated heterocycles. The predicted octanol–water partition coefficient (Wildman–Crippen LogP) is 3.53. The second kappa shape index (κ2) is 7.53. The molecular weight excluding hydrogens is 319 g/mol.